The summed E-state index contributed by atoms with van der Waals surface area (Å²) < 4.78 is 6.30. The first kappa shape index (κ1) is 12.4. The highest BCUT2D eigenvalue weighted by Gasteiger charge is 2.17. The summed E-state index contributed by atoms with van der Waals surface area (Å²) in [6.45, 7) is 1.47. The Morgan fingerprint density at radius 1 is 1.35 bits per heavy atom. The molecule has 1 atom stereocenters. The molecule has 3 heteroatoms. The third-order valence-corrected chi connectivity index (χ3v) is 3.44. The van der Waals surface area contributed by atoms with Crippen LogP contribution in [0.25, 0.3) is 5.57 Å². The van der Waals surface area contributed by atoms with Gasteiger partial charge in [0.25, 0.3) is 0 Å². The molecule has 0 fully saturated rings. The summed E-state index contributed by atoms with van der Waals surface area (Å²) in [5.74, 6) is -0.185. The number of carbonyl (C=O) groups is 1. The molecule has 1 unspecified atom stereocenters. The molecule has 1 aromatic rings. The average molecular weight is 295 g/mol. The molecule has 90 valence electrons. The van der Waals surface area contributed by atoms with Gasteiger partial charge in [0.2, 0.25) is 0 Å². The van der Waals surface area contributed by atoms with Crippen LogP contribution in [0.1, 0.15) is 31.7 Å². The van der Waals surface area contributed by atoms with Crippen molar-refractivity contribution in [2.45, 2.75) is 32.3 Å². The molecule has 0 spiro atoms. The van der Waals surface area contributed by atoms with E-state index in [0.29, 0.717) is 0 Å². The Morgan fingerprint density at radius 3 is 2.59 bits per heavy atom. The zero-order valence-corrected chi connectivity index (χ0v) is 11.4. The number of benzene rings is 1. The van der Waals surface area contributed by atoms with Gasteiger partial charge in [0.15, 0.2) is 0 Å². The lowest BCUT2D eigenvalue weighted by molar-refractivity contribution is -0.146. The van der Waals surface area contributed by atoms with E-state index in [-0.39, 0.29) is 12.1 Å². The topological polar surface area (TPSA) is 26.3 Å². The van der Waals surface area contributed by atoms with Crippen molar-refractivity contribution in [2.75, 3.05) is 0 Å². The van der Waals surface area contributed by atoms with Crippen molar-refractivity contribution in [3.63, 3.8) is 0 Å². The van der Waals surface area contributed by atoms with E-state index in [1.165, 1.54) is 18.1 Å². The van der Waals surface area contributed by atoms with Crippen molar-refractivity contribution in [3.05, 3.63) is 40.4 Å². The van der Waals surface area contributed by atoms with Crippen LogP contribution >= 0.6 is 15.9 Å². The van der Waals surface area contributed by atoms with E-state index in [4.69, 9.17) is 4.74 Å². The summed E-state index contributed by atoms with van der Waals surface area (Å²) >= 11 is 3.43. The van der Waals surface area contributed by atoms with Gasteiger partial charge in [-0.3, -0.25) is 4.79 Å². The van der Waals surface area contributed by atoms with Crippen molar-refractivity contribution < 1.29 is 9.53 Å². The molecule has 1 aliphatic carbocycles. The number of carbonyl (C=O) groups excluding carboxylic acids is 1. The summed E-state index contributed by atoms with van der Waals surface area (Å²) in [5.41, 5.74) is 2.61. The molecule has 0 saturated carbocycles. The lowest BCUT2D eigenvalue weighted by Crippen LogP contribution is -2.18. The first-order valence-electron chi connectivity index (χ1n) is 5.77. The third-order valence-electron chi connectivity index (χ3n) is 2.91. The predicted molar refractivity (Wildman–Crippen MR) is 71.5 cm³/mol. The van der Waals surface area contributed by atoms with Crippen LogP contribution in [0.15, 0.2) is 34.8 Å². The van der Waals surface area contributed by atoms with Gasteiger partial charge in [-0.2, -0.15) is 0 Å². The second-order valence-corrected chi connectivity index (χ2v) is 5.16. The Hall–Kier alpha value is -1.09. The van der Waals surface area contributed by atoms with Crippen LogP contribution in [-0.2, 0) is 9.53 Å². The van der Waals surface area contributed by atoms with Gasteiger partial charge in [0.1, 0.15) is 6.10 Å². The molecule has 2 nitrogen and oxygen atoms in total. The number of hydrogen-bond donors (Lipinski definition) is 0. The molecule has 0 aliphatic heterocycles. The normalized spacial score (nSPS) is 19.6. The monoisotopic (exact) mass is 294 g/mol. The molecule has 2 rings (SSSR count). The second kappa shape index (κ2) is 5.50. The van der Waals surface area contributed by atoms with Gasteiger partial charge in [0.05, 0.1) is 0 Å². The molecule has 17 heavy (non-hydrogen) atoms. The zero-order valence-electron chi connectivity index (χ0n) is 9.78. The van der Waals surface area contributed by atoms with Crippen LogP contribution in [0.2, 0.25) is 0 Å². The quantitative estimate of drug-likeness (QED) is 0.772. The van der Waals surface area contributed by atoms with Crippen LogP contribution in [0.3, 0.4) is 0 Å². The number of halogens is 1. The maximum Gasteiger partial charge on any atom is 0.302 e. The van der Waals surface area contributed by atoms with Crippen molar-refractivity contribution in [3.8, 4) is 0 Å². The largest absolute Gasteiger partial charge is 0.462 e. The standard InChI is InChI=1S/C14H15BrO2/c1-10(16)17-14-8-4-12(5-9-14)11-2-6-13(15)7-3-11/h2-4,6-7,14H,5,8-9H2,1H3. The molecule has 0 heterocycles. The minimum Gasteiger partial charge on any atom is -0.462 e. The molecule has 0 radical (unpaired) electrons. The number of esters is 1. The van der Waals surface area contributed by atoms with Gasteiger partial charge in [0, 0.05) is 17.8 Å². The number of ether oxygens (including phenoxy) is 1. The van der Waals surface area contributed by atoms with Gasteiger partial charge in [-0.1, -0.05) is 34.1 Å². The maximum absolute atomic E-state index is 10.9. The van der Waals surface area contributed by atoms with Crippen molar-refractivity contribution in [2.24, 2.45) is 0 Å². The number of rotatable bonds is 2. The van der Waals surface area contributed by atoms with Gasteiger partial charge in [-0.25, -0.2) is 0 Å². The van der Waals surface area contributed by atoms with Gasteiger partial charge >= 0.3 is 5.97 Å². The summed E-state index contributed by atoms with van der Waals surface area (Å²) in [7, 11) is 0. The highest BCUT2D eigenvalue weighted by molar-refractivity contribution is 9.10. The molecule has 0 bridgehead atoms. The van der Waals surface area contributed by atoms with Crippen LogP contribution < -0.4 is 0 Å². The summed E-state index contributed by atoms with van der Waals surface area (Å²) in [5, 5.41) is 0. The van der Waals surface area contributed by atoms with E-state index < -0.39 is 0 Å². The smallest absolute Gasteiger partial charge is 0.302 e. The van der Waals surface area contributed by atoms with Crippen LogP contribution in [0.5, 0.6) is 0 Å². The molecular weight excluding hydrogens is 280 g/mol. The predicted octanol–water partition coefficient (Wildman–Crippen LogP) is 3.95. The third kappa shape index (κ3) is 3.43. The van der Waals surface area contributed by atoms with Gasteiger partial charge < -0.3 is 4.74 Å². The fraction of sp³-hybridized carbons (Fsp3) is 0.357. The Morgan fingerprint density at radius 2 is 2.06 bits per heavy atom. The number of hydrogen-bond acceptors (Lipinski definition) is 2. The molecule has 0 aromatic heterocycles. The summed E-state index contributed by atoms with van der Waals surface area (Å²) in [4.78, 5) is 10.9. The second-order valence-electron chi connectivity index (χ2n) is 4.24. The minimum absolute atomic E-state index is 0.0618. The highest BCUT2D eigenvalue weighted by atomic mass is 79.9. The van der Waals surface area contributed by atoms with Gasteiger partial charge in [-0.15, -0.1) is 0 Å². The first-order valence-corrected chi connectivity index (χ1v) is 6.56. The minimum atomic E-state index is -0.185. The van der Waals surface area contributed by atoms with Crippen molar-refractivity contribution in [1.82, 2.24) is 0 Å². The Balaban J connectivity index is 2.03. The van der Waals surface area contributed by atoms with E-state index in [9.17, 15) is 4.79 Å². The Bertz CT molecular complexity index is 434. The maximum atomic E-state index is 10.9. The van der Waals surface area contributed by atoms with Gasteiger partial charge in [-0.05, 0) is 36.1 Å². The molecular formula is C14H15BrO2. The van der Waals surface area contributed by atoms with E-state index in [1.54, 1.807) is 0 Å². The average Bonchev–Trinajstić information content (AvgIpc) is 2.30. The molecule has 0 saturated heterocycles. The lowest BCUT2D eigenvalue weighted by atomic mass is 9.92. The first-order chi connectivity index (χ1) is 8.15. The zero-order chi connectivity index (χ0) is 12.3. The SMILES string of the molecule is CC(=O)OC1CC=C(c2ccc(Br)cc2)CC1. The fourth-order valence-corrected chi connectivity index (χ4v) is 2.34. The summed E-state index contributed by atoms with van der Waals surface area (Å²) in [6, 6.07) is 8.33. The molecule has 0 N–H and O–H groups in total. The Kier molecular flexibility index (Phi) is 4.00. The fourth-order valence-electron chi connectivity index (χ4n) is 2.08. The lowest BCUT2D eigenvalue weighted by Gasteiger charge is -2.21. The molecule has 1 aliphatic rings. The van der Waals surface area contributed by atoms with E-state index in [1.807, 2.05) is 12.1 Å². The van der Waals surface area contributed by atoms with Crippen LogP contribution in [0, 0.1) is 0 Å². The van der Waals surface area contributed by atoms with Crippen LogP contribution in [0.4, 0.5) is 0 Å². The number of allylic oxidation sites excluding steroid dienone is 1. The molecule has 0 amide bonds. The molecule has 1 aromatic carbocycles. The van der Waals surface area contributed by atoms with E-state index in [2.05, 4.69) is 34.1 Å². The van der Waals surface area contributed by atoms with Crippen LogP contribution in [-0.4, -0.2) is 12.1 Å². The Labute approximate surface area is 110 Å². The van der Waals surface area contributed by atoms with E-state index >= 15 is 0 Å². The van der Waals surface area contributed by atoms with E-state index in [0.717, 1.165) is 23.7 Å². The summed E-state index contributed by atoms with van der Waals surface area (Å²) in [6.07, 6.45) is 4.96. The van der Waals surface area contributed by atoms with Crippen molar-refractivity contribution >= 4 is 27.5 Å². The highest BCUT2D eigenvalue weighted by Crippen LogP contribution is 2.29. The van der Waals surface area contributed by atoms with Crippen molar-refractivity contribution in [1.29, 1.82) is 0 Å².